The number of rotatable bonds is 5. The summed E-state index contributed by atoms with van der Waals surface area (Å²) >= 11 is 0. The summed E-state index contributed by atoms with van der Waals surface area (Å²) in [6.45, 7) is 6.40. The molecule has 0 N–H and O–H groups in total. The Hall–Kier alpha value is -4.59. The Labute approximate surface area is 226 Å². The SMILES string of the molecule is Cc1ccccc1C(=O)N1CCN(c2nc(Cc3ccccc3)nc3c2c(C)nn3-c2ccc(F)cc2)CC1. The van der Waals surface area contributed by atoms with E-state index in [0.29, 0.717) is 44.1 Å². The lowest BCUT2D eigenvalue weighted by Crippen LogP contribution is -2.49. The van der Waals surface area contributed by atoms with Gasteiger partial charge in [-0.25, -0.2) is 19.0 Å². The van der Waals surface area contributed by atoms with E-state index in [0.717, 1.165) is 39.3 Å². The van der Waals surface area contributed by atoms with Crippen molar-refractivity contribution in [1.29, 1.82) is 0 Å². The van der Waals surface area contributed by atoms with Gasteiger partial charge in [0.1, 0.15) is 17.5 Å². The fourth-order valence-electron chi connectivity index (χ4n) is 5.16. The number of hydrogen-bond acceptors (Lipinski definition) is 5. The number of carbonyl (C=O) groups is 1. The average Bonchev–Trinajstić information content (AvgIpc) is 3.29. The van der Waals surface area contributed by atoms with Gasteiger partial charge in [0.25, 0.3) is 5.91 Å². The number of benzene rings is 3. The Morgan fingerprint density at radius 3 is 2.26 bits per heavy atom. The minimum absolute atomic E-state index is 0.0608. The summed E-state index contributed by atoms with van der Waals surface area (Å²) in [5, 5.41) is 5.66. The third kappa shape index (κ3) is 4.85. The van der Waals surface area contributed by atoms with Gasteiger partial charge >= 0.3 is 0 Å². The zero-order valence-corrected chi connectivity index (χ0v) is 22.0. The van der Waals surface area contributed by atoms with E-state index in [1.165, 1.54) is 12.1 Å². The third-order valence-electron chi connectivity index (χ3n) is 7.25. The second-order valence-corrected chi connectivity index (χ2v) is 9.89. The standard InChI is InChI=1S/C31H29FN6O/c1-21-8-6-7-11-26(21)31(39)37-18-16-36(17-19-37)29-28-22(2)35-38(25-14-12-24(32)13-15-25)30(28)34-27(33-29)20-23-9-4-3-5-10-23/h3-15H,16-20H2,1-2H3. The summed E-state index contributed by atoms with van der Waals surface area (Å²) < 4.78 is 15.4. The summed E-state index contributed by atoms with van der Waals surface area (Å²) in [5.41, 5.74) is 5.07. The Balaban J connectivity index is 1.37. The van der Waals surface area contributed by atoms with Crippen LogP contribution in [0, 0.1) is 19.7 Å². The van der Waals surface area contributed by atoms with Gasteiger partial charge in [-0.15, -0.1) is 0 Å². The van der Waals surface area contributed by atoms with E-state index >= 15 is 0 Å². The number of nitrogens with zero attached hydrogens (tertiary/aromatic N) is 6. The highest BCUT2D eigenvalue weighted by molar-refractivity contribution is 5.96. The molecule has 8 heteroatoms. The summed E-state index contributed by atoms with van der Waals surface area (Å²) in [6.07, 6.45) is 0.573. The molecule has 0 bridgehead atoms. The predicted octanol–water partition coefficient (Wildman–Crippen LogP) is 5.12. The van der Waals surface area contributed by atoms with Gasteiger partial charge in [0.2, 0.25) is 0 Å². The number of halogens is 1. The van der Waals surface area contributed by atoms with Gasteiger partial charge in [-0.05, 0) is 55.3 Å². The van der Waals surface area contributed by atoms with Crippen molar-refractivity contribution in [3.63, 3.8) is 0 Å². The first-order valence-corrected chi connectivity index (χ1v) is 13.1. The van der Waals surface area contributed by atoms with Crippen LogP contribution in [-0.4, -0.2) is 56.7 Å². The van der Waals surface area contributed by atoms with Crippen molar-refractivity contribution in [2.45, 2.75) is 20.3 Å². The minimum Gasteiger partial charge on any atom is -0.352 e. The Morgan fingerprint density at radius 1 is 0.846 bits per heavy atom. The first-order chi connectivity index (χ1) is 19.0. The molecule has 0 radical (unpaired) electrons. The molecule has 1 aliphatic heterocycles. The molecule has 1 amide bonds. The molecule has 0 aliphatic carbocycles. The van der Waals surface area contributed by atoms with Crippen molar-refractivity contribution in [2.75, 3.05) is 31.1 Å². The van der Waals surface area contributed by atoms with E-state index in [4.69, 9.17) is 15.1 Å². The zero-order chi connectivity index (χ0) is 26.9. The summed E-state index contributed by atoms with van der Waals surface area (Å²) in [5.74, 6) is 1.26. The lowest BCUT2D eigenvalue weighted by molar-refractivity contribution is 0.0746. The van der Waals surface area contributed by atoms with Gasteiger partial charge in [0, 0.05) is 38.2 Å². The molecule has 0 spiro atoms. The quantitative estimate of drug-likeness (QED) is 0.322. The monoisotopic (exact) mass is 520 g/mol. The molecule has 196 valence electrons. The molecule has 1 aliphatic rings. The first kappa shape index (κ1) is 24.7. The van der Waals surface area contributed by atoms with Gasteiger partial charge in [-0.1, -0.05) is 48.5 Å². The molecule has 0 unspecified atom stereocenters. The fraction of sp³-hybridized carbons (Fsp3) is 0.226. The highest BCUT2D eigenvalue weighted by atomic mass is 19.1. The summed E-state index contributed by atoms with van der Waals surface area (Å²) in [6, 6.07) is 24.1. The molecule has 39 heavy (non-hydrogen) atoms. The zero-order valence-electron chi connectivity index (χ0n) is 22.0. The topological polar surface area (TPSA) is 67.2 Å². The highest BCUT2D eigenvalue weighted by Gasteiger charge is 2.27. The van der Waals surface area contributed by atoms with E-state index in [1.54, 1.807) is 16.8 Å². The van der Waals surface area contributed by atoms with Crippen molar-refractivity contribution < 1.29 is 9.18 Å². The van der Waals surface area contributed by atoms with E-state index in [9.17, 15) is 9.18 Å². The molecule has 2 aromatic heterocycles. The Kier molecular flexibility index (Phi) is 6.52. The van der Waals surface area contributed by atoms with E-state index in [-0.39, 0.29) is 11.7 Å². The summed E-state index contributed by atoms with van der Waals surface area (Å²) in [4.78, 5) is 27.3. The molecule has 3 heterocycles. The third-order valence-corrected chi connectivity index (χ3v) is 7.25. The molecule has 7 nitrogen and oxygen atoms in total. The smallest absolute Gasteiger partial charge is 0.254 e. The lowest BCUT2D eigenvalue weighted by atomic mass is 10.1. The van der Waals surface area contributed by atoms with E-state index < -0.39 is 0 Å². The summed E-state index contributed by atoms with van der Waals surface area (Å²) in [7, 11) is 0. The van der Waals surface area contributed by atoms with Crippen LogP contribution in [0.1, 0.15) is 33.0 Å². The number of hydrogen-bond donors (Lipinski definition) is 0. The van der Waals surface area contributed by atoms with Gasteiger partial charge in [0.05, 0.1) is 16.8 Å². The fourth-order valence-corrected chi connectivity index (χ4v) is 5.16. The van der Waals surface area contributed by atoms with Gasteiger partial charge < -0.3 is 9.80 Å². The van der Waals surface area contributed by atoms with Gasteiger partial charge in [-0.3, -0.25) is 4.79 Å². The van der Waals surface area contributed by atoms with Gasteiger partial charge in [-0.2, -0.15) is 5.10 Å². The van der Waals surface area contributed by atoms with Crippen LogP contribution in [0.15, 0.2) is 78.9 Å². The van der Waals surface area contributed by atoms with Crippen LogP contribution >= 0.6 is 0 Å². The van der Waals surface area contributed by atoms with Crippen molar-refractivity contribution in [3.8, 4) is 5.69 Å². The average molecular weight is 521 g/mol. The number of amides is 1. The molecule has 5 aromatic rings. The maximum absolute atomic E-state index is 13.7. The molecule has 0 saturated carbocycles. The van der Waals surface area contributed by atoms with Crippen LogP contribution in [-0.2, 0) is 6.42 Å². The van der Waals surface area contributed by atoms with Crippen LogP contribution in [0.25, 0.3) is 16.7 Å². The molecular weight excluding hydrogens is 491 g/mol. The van der Waals surface area contributed by atoms with E-state index in [2.05, 4.69) is 17.0 Å². The van der Waals surface area contributed by atoms with Crippen LogP contribution in [0.2, 0.25) is 0 Å². The molecule has 3 aromatic carbocycles. The van der Waals surface area contributed by atoms with Gasteiger partial charge in [0.15, 0.2) is 5.65 Å². The van der Waals surface area contributed by atoms with Crippen molar-refractivity contribution >= 4 is 22.8 Å². The molecule has 6 rings (SSSR count). The molecule has 1 saturated heterocycles. The largest absolute Gasteiger partial charge is 0.352 e. The number of carbonyl (C=O) groups excluding carboxylic acids is 1. The maximum Gasteiger partial charge on any atom is 0.254 e. The Morgan fingerprint density at radius 2 is 1.54 bits per heavy atom. The van der Waals surface area contributed by atoms with Crippen LogP contribution in [0.4, 0.5) is 10.2 Å². The second kappa shape index (κ2) is 10.3. The van der Waals surface area contributed by atoms with E-state index in [1.807, 2.05) is 61.2 Å². The Bertz CT molecular complexity index is 1640. The van der Waals surface area contributed by atoms with Crippen LogP contribution in [0.5, 0.6) is 0 Å². The number of fused-ring (bicyclic) bond motifs is 1. The number of anilines is 1. The first-order valence-electron chi connectivity index (χ1n) is 13.1. The molecule has 0 atom stereocenters. The van der Waals surface area contributed by atoms with Crippen molar-refractivity contribution in [2.24, 2.45) is 0 Å². The van der Waals surface area contributed by atoms with Crippen LogP contribution < -0.4 is 4.90 Å². The number of aryl methyl sites for hydroxylation is 2. The molecule has 1 fully saturated rings. The predicted molar refractivity (Wildman–Crippen MR) is 150 cm³/mol. The van der Waals surface area contributed by atoms with Crippen molar-refractivity contribution in [3.05, 3.63) is 113 Å². The molecular formula is C31H29FN6O. The highest BCUT2D eigenvalue weighted by Crippen LogP contribution is 2.30. The van der Waals surface area contributed by atoms with Crippen LogP contribution in [0.3, 0.4) is 0 Å². The normalized spacial score (nSPS) is 13.7. The number of aromatic nitrogens is 4. The van der Waals surface area contributed by atoms with Crippen molar-refractivity contribution in [1.82, 2.24) is 24.6 Å². The maximum atomic E-state index is 13.7. The lowest BCUT2D eigenvalue weighted by Gasteiger charge is -2.36. The minimum atomic E-state index is -0.301. The second-order valence-electron chi connectivity index (χ2n) is 9.89. The number of piperazine rings is 1.